The standard InChI is InChI=1S/C22H28N4O2/c1-2-25-14-18(17-6-4-3-5-7-17)12-22(15-25)8-10-26(11-9-22)21(28)19-13-23-16-24-20(19)27/h3-7,13,16,18H,2,8-12,14-15H2,1H3,(H,23,24,27)/t18-/m1/s1. The molecule has 1 aromatic carbocycles. The molecule has 0 saturated carbocycles. The average Bonchev–Trinajstić information content (AvgIpc) is 2.74. The minimum absolute atomic E-state index is 0.138. The molecule has 2 aliphatic rings. The molecule has 1 N–H and O–H groups in total. The second kappa shape index (κ2) is 7.87. The topological polar surface area (TPSA) is 69.3 Å². The van der Waals surface area contributed by atoms with Gasteiger partial charge in [0.05, 0.1) is 6.33 Å². The molecule has 0 radical (unpaired) electrons. The van der Waals surface area contributed by atoms with Crippen molar-refractivity contribution in [2.45, 2.75) is 32.1 Å². The molecule has 2 aliphatic heterocycles. The maximum Gasteiger partial charge on any atom is 0.263 e. The maximum atomic E-state index is 12.8. The van der Waals surface area contributed by atoms with Crippen molar-refractivity contribution in [3.63, 3.8) is 0 Å². The molecule has 0 unspecified atom stereocenters. The molecule has 1 amide bonds. The fourth-order valence-corrected chi connectivity index (χ4v) is 4.90. The van der Waals surface area contributed by atoms with Crippen LogP contribution < -0.4 is 5.56 Å². The number of aromatic amines is 1. The monoisotopic (exact) mass is 380 g/mol. The van der Waals surface area contributed by atoms with Crippen LogP contribution in [0.4, 0.5) is 0 Å². The predicted molar refractivity (Wildman–Crippen MR) is 108 cm³/mol. The Morgan fingerprint density at radius 3 is 2.68 bits per heavy atom. The molecule has 1 aromatic heterocycles. The fourth-order valence-electron chi connectivity index (χ4n) is 4.90. The van der Waals surface area contributed by atoms with E-state index in [-0.39, 0.29) is 22.4 Å². The maximum absolute atomic E-state index is 12.8. The van der Waals surface area contributed by atoms with Crippen LogP contribution in [0.1, 0.15) is 48.0 Å². The average molecular weight is 380 g/mol. The van der Waals surface area contributed by atoms with Gasteiger partial charge in [0.2, 0.25) is 0 Å². The van der Waals surface area contributed by atoms with E-state index in [1.165, 1.54) is 24.5 Å². The van der Waals surface area contributed by atoms with Gasteiger partial charge < -0.3 is 14.8 Å². The Bertz CT molecular complexity index is 871. The minimum atomic E-state index is -0.362. The number of likely N-dealkylation sites (N-methyl/N-ethyl adjacent to an activating group) is 1. The first-order chi connectivity index (χ1) is 13.6. The second-order valence-electron chi connectivity index (χ2n) is 8.23. The van der Waals surface area contributed by atoms with Crippen LogP contribution in [0.3, 0.4) is 0 Å². The minimum Gasteiger partial charge on any atom is -0.338 e. The van der Waals surface area contributed by atoms with Crippen LogP contribution in [-0.4, -0.2) is 58.4 Å². The second-order valence-corrected chi connectivity index (χ2v) is 8.23. The Kier molecular flexibility index (Phi) is 5.31. The molecule has 148 valence electrons. The van der Waals surface area contributed by atoms with Crippen molar-refractivity contribution in [2.75, 3.05) is 32.7 Å². The van der Waals surface area contributed by atoms with Crippen LogP contribution in [0.15, 0.2) is 47.7 Å². The lowest BCUT2D eigenvalue weighted by atomic mass is 9.68. The normalized spacial score (nSPS) is 22.3. The summed E-state index contributed by atoms with van der Waals surface area (Å²) in [6.07, 6.45) is 5.82. The van der Waals surface area contributed by atoms with Crippen molar-refractivity contribution in [3.05, 3.63) is 64.3 Å². The first-order valence-electron chi connectivity index (χ1n) is 10.2. The first kappa shape index (κ1) is 18.9. The van der Waals surface area contributed by atoms with Gasteiger partial charge in [-0.3, -0.25) is 9.59 Å². The van der Waals surface area contributed by atoms with E-state index in [1.807, 2.05) is 4.90 Å². The van der Waals surface area contributed by atoms with Crippen LogP contribution in [0.2, 0.25) is 0 Å². The number of aromatic nitrogens is 2. The van der Waals surface area contributed by atoms with E-state index in [2.05, 4.69) is 52.1 Å². The molecule has 4 rings (SSSR count). The first-order valence-corrected chi connectivity index (χ1v) is 10.2. The number of hydrogen-bond acceptors (Lipinski definition) is 4. The van der Waals surface area contributed by atoms with Crippen molar-refractivity contribution >= 4 is 5.91 Å². The van der Waals surface area contributed by atoms with Crippen LogP contribution in [0.25, 0.3) is 0 Å². The molecule has 6 heteroatoms. The van der Waals surface area contributed by atoms with Gasteiger partial charge >= 0.3 is 0 Å². The van der Waals surface area contributed by atoms with E-state index in [0.717, 1.165) is 32.5 Å². The lowest BCUT2D eigenvalue weighted by Crippen LogP contribution is -2.52. The van der Waals surface area contributed by atoms with E-state index in [9.17, 15) is 9.59 Å². The highest BCUT2D eigenvalue weighted by Gasteiger charge is 2.42. The van der Waals surface area contributed by atoms with E-state index in [4.69, 9.17) is 0 Å². The molecule has 1 spiro atoms. The Labute approximate surface area is 165 Å². The van der Waals surface area contributed by atoms with E-state index in [0.29, 0.717) is 19.0 Å². The summed E-state index contributed by atoms with van der Waals surface area (Å²) in [4.78, 5) is 35.5. The molecule has 3 heterocycles. The van der Waals surface area contributed by atoms with Gasteiger partial charge in [-0.15, -0.1) is 0 Å². The number of nitrogens with one attached hydrogen (secondary N) is 1. The highest BCUT2D eigenvalue weighted by molar-refractivity contribution is 5.93. The summed E-state index contributed by atoms with van der Waals surface area (Å²) in [7, 11) is 0. The molecule has 1 atom stereocenters. The fraction of sp³-hybridized carbons (Fsp3) is 0.500. The van der Waals surface area contributed by atoms with E-state index < -0.39 is 0 Å². The lowest BCUT2D eigenvalue weighted by molar-refractivity contribution is 0.0157. The third kappa shape index (κ3) is 3.74. The summed E-state index contributed by atoms with van der Waals surface area (Å²) in [5.74, 6) is 0.338. The molecular formula is C22H28N4O2. The van der Waals surface area contributed by atoms with Gasteiger partial charge in [0.1, 0.15) is 5.56 Å². The van der Waals surface area contributed by atoms with Crippen molar-refractivity contribution < 1.29 is 4.79 Å². The quantitative estimate of drug-likeness (QED) is 0.888. The van der Waals surface area contributed by atoms with Crippen molar-refractivity contribution in [1.82, 2.24) is 19.8 Å². The van der Waals surface area contributed by atoms with Crippen LogP contribution >= 0.6 is 0 Å². The molecule has 28 heavy (non-hydrogen) atoms. The molecule has 6 nitrogen and oxygen atoms in total. The number of piperidine rings is 2. The zero-order valence-electron chi connectivity index (χ0n) is 16.4. The summed E-state index contributed by atoms with van der Waals surface area (Å²) in [6, 6.07) is 10.8. The summed E-state index contributed by atoms with van der Waals surface area (Å²) >= 11 is 0. The summed E-state index contributed by atoms with van der Waals surface area (Å²) in [6.45, 7) is 6.89. The Morgan fingerprint density at radius 2 is 2.00 bits per heavy atom. The van der Waals surface area contributed by atoms with Gasteiger partial charge in [0, 0.05) is 32.4 Å². The van der Waals surface area contributed by atoms with Gasteiger partial charge in [-0.1, -0.05) is 37.3 Å². The Hall–Kier alpha value is -2.47. The zero-order valence-corrected chi connectivity index (χ0v) is 16.4. The smallest absolute Gasteiger partial charge is 0.263 e. The van der Waals surface area contributed by atoms with Crippen LogP contribution in [0, 0.1) is 5.41 Å². The summed E-state index contributed by atoms with van der Waals surface area (Å²) in [5.41, 5.74) is 1.44. The van der Waals surface area contributed by atoms with Crippen LogP contribution in [0.5, 0.6) is 0 Å². The van der Waals surface area contributed by atoms with Gasteiger partial charge in [-0.2, -0.15) is 0 Å². The zero-order chi connectivity index (χ0) is 19.6. The number of nitrogens with zero attached hydrogens (tertiary/aromatic N) is 3. The number of hydrogen-bond donors (Lipinski definition) is 1. The number of carbonyl (C=O) groups excluding carboxylic acids is 1. The van der Waals surface area contributed by atoms with Crippen molar-refractivity contribution in [3.8, 4) is 0 Å². The van der Waals surface area contributed by atoms with Gasteiger partial charge in [-0.25, -0.2) is 4.98 Å². The summed E-state index contributed by atoms with van der Waals surface area (Å²) < 4.78 is 0. The number of carbonyl (C=O) groups is 1. The number of rotatable bonds is 3. The number of H-pyrrole nitrogens is 1. The highest BCUT2D eigenvalue weighted by atomic mass is 16.2. The number of amides is 1. The molecule has 0 bridgehead atoms. The third-order valence-electron chi connectivity index (χ3n) is 6.50. The predicted octanol–water partition coefficient (Wildman–Crippen LogP) is 2.50. The van der Waals surface area contributed by atoms with Crippen molar-refractivity contribution in [1.29, 1.82) is 0 Å². The molecular weight excluding hydrogens is 352 g/mol. The number of benzene rings is 1. The van der Waals surface area contributed by atoms with Gasteiger partial charge in [0.15, 0.2) is 0 Å². The Balaban J connectivity index is 1.48. The highest BCUT2D eigenvalue weighted by Crippen LogP contribution is 2.45. The molecule has 2 saturated heterocycles. The van der Waals surface area contributed by atoms with Crippen LogP contribution in [-0.2, 0) is 0 Å². The summed E-state index contributed by atoms with van der Waals surface area (Å²) in [5, 5.41) is 0. The molecule has 2 aromatic rings. The van der Waals surface area contributed by atoms with Gasteiger partial charge in [0.25, 0.3) is 11.5 Å². The van der Waals surface area contributed by atoms with E-state index >= 15 is 0 Å². The Morgan fingerprint density at radius 1 is 1.25 bits per heavy atom. The SMILES string of the molecule is CCN1C[C@H](c2ccccc2)CC2(CCN(C(=O)c3cnc[nH]c3=O)CC2)C1. The number of likely N-dealkylation sites (tertiary alicyclic amines) is 2. The van der Waals surface area contributed by atoms with E-state index in [1.54, 1.807) is 0 Å². The largest absolute Gasteiger partial charge is 0.338 e. The third-order valence-corrected chi connectivity index (χ3v) is 6.50. The molecule has 2 fully saturated rings. The molecule has 0 aliphatic carbocycles. The van der Waals surface area contributed by atoms with Crippen molar-refractivity contribution in [2.24, 2.45) is 5.41 Å². The lowest BCUT2D eigenvalue weighted by Gasteiger charge is -2.50. The van der Waals surface area contributed by atoms with Gasteiger partial charge in [-0.05, 0) is 42.7 Å².